The molecule has 0 saturated carbocycles. The Hall–Kier alpha value is -2.15. The molecular weight excluding hydrogens is 284 g/mol. The average molecular weight is 310 g/mol. The van der Waals surface area contributed by atoms with Crippen molar-refractivity contribution in [1.82, 2.24) is 15.2 Å². The number of piperidine rings is 1. The number of amides is 2. The number of methoxy groups -OCH3 is 1. The summed E-state index contributed by atoms with van der Waals surface area (Å²) in [6.07, 6.45) is 3.46. The molecule has 7 heteroatoms. The van der Waals surface area contributed by atoms with Gasteiger partial charge in [0.1, 0.15) is 11.4 Å². The second-order valence-corrected chi connectivity index (χ2v) is 5.41. The Kier molecular flexibility index (Phi) is 5.32. The number of hydrogen-bond acceptors (Lipinski definition) is 5. The molecule has 0 radical (unpaired) electrons. The van der Waals surface area contributed by atoms with Crippen LogP contribution in [0.25, 0.3) is 0 Å². The van der Waals surface area contributed by atoms with Crippen LogP contribution in [0.1, 0.15) is 38.7 Å². The Bertz CT molecular complexity index is 564. The van der Waals surface area contributed by atoms with Crippen LogP contribution in [0, 0.1) is 0 Å². The highest BCUT2D eigenvalue weighted by Crippen LogP contribution is 2.19. The first-order valence-electron chi connectivity index (χ1n) is 7.33. The van der Waals surface area contributed by atoms with E-state index in [9.17, 15) is 9.59 Å². The maximum absolute atomic E-state index is 11.3. The molecule has 1 aliphatic rings. The standard InChI is InChI=1S/C15H22N4O3.2H2/c1-10(20)19-5-3-12(4-6-19)17-8-11-9-18-13(15(16)21)7-14(11)22-2;;/h7,9,12,17H,3-6,8H2,1-2H3,(H2,16,21);2*1H. The number of aromatic nitrogens is 1. The van der Waals surface area contributed by atoms with Crippen molar-refractivity contribution in [3.63, 3.8) is 0 Å². The molecule has 1 aliphatic heterocycles. The molecular formula is C15H26N4O3. The number of carbonyl (C=O) groups is 2. The van der Waals surface area contributed by atoms with Crippen LogP contribution in [-0.2, 0) is 11.3 Å². The molecule has 2 heterocycles. The molecule has 0 bridgehead atoms. The molecule has 1 aromatic rings. The van der Waals surface area contributed by atoms with Gasteiger partial charge in [0.25, 0.3) is 5.91 Å². The van der Waals surface area contributed by atoms with Crippen LogP contribution >= 0.6 is 0 Å². The van der Waals surface area contributed by atoms with Gasteiger partial charge in [-0.05, 0) is 12.8 Å². The van der Waals surface area contributed by atoms with Gasteiger partial charge in [-0.25, -0.2) is 0 Å². The number of likely N-dealkylation sites (tertiary alicyclic amines) is 1. The summed E-state index contributed by atoms with van der Waals surface area (Å²) in [5, 5.41) is 3.45. The van der Waals surface area contributed by atoms with E-state index in [0.717, 1.165) is 31.5 Å². The number of primary amides is 1. The topological polar surface area (TPSA) is 97.6 Å². The van der Waals surface area contributed by atoms with Crippen molar-refractivity contribution in [3.05, 3.63) is 23.5 Å². The number of hydrogen-bond donors (Lipinski definition) is 2. The monoisotopic (exact) mass is 310 g/mol. The van der Waals surface area contributed by atoms with Crippen LogP contribution in [0.3, 0.4) is 0 Å². The second kappa shape index (κ2) is 7.22. The fourth-order valence-electron chi connectivity index (χ4n) is 2.58. The van der Waals surface area contributed by atoms with Crippen molar-refractivity contribution < 1.29 is 17.2 Å². The van der Waals surface area contributed by atoms with E-state index in [-0.39, 0.29) is 14.5 Å². The number of nitrogens with one attached hydrogen (secondary N) is 1. The highest BCUT2D eigenvalue weighted by molar-refractivity contribution is 5.91. The van der Waals surface area contributed by atoms with Crippen LogP contribution < -0.4 is 15.8 Å². The van der Waals surface area contributed by atoms with Crippen LogP contribution in [0.5, 0.6) is 5.75 Å². The normalized spacial score (nSPS) is 15.6. The minimum absolute atomic E-state index is 0. The van der Waals surface area contributed by atoms with Crippen molar-refractivity contribution in [3.8, 4) is 5.75 Å². The third kappa shape index (κ3) is 3.94. The van der Waals surface area contributed by atoms with Crippen molar-refractivity contribution in [2.24, 2.45) is 5.73 Å². The summed E-state index contributed by atoms with van der Waals surface area (Å²) >= 11 is 0. The molecule has 2 amide bonds. The van der Waals surface area contributed by atoms with E-state index in [0.29, 0.717) is 18.3 Å². The van der Waals surface area contributed by atoms with Gasteiger partial charge in [0.05, 0.1) is 7.11 Å². The molecule has 0 atom stereocenters. The van der Waals surface area contributed by atoms with Gasteiger partial charge in [0.15, 0.2) is 0 Å². The maximum atomic E-state index is 11.3. The molecule has 1 saturated heterocycles. The zero-order valence-corrected chi connectivity index (χ0v) is 13.0. The second-order valence-electron chi connectivity index (χ2n) is 5.41. The van der Waals surface area contributed by atoms with Crippen molar-refractivity contribution in [1.29, 1.82) is 0 Å². The number of carbonyl (C=O) groups excluding carboxylic acids is 2. The fraction of sp³-hybridized carbons (Fsp3) is 0.533. The van der Waals surface area contributed by atoms with Crippen molar-refractivity contribution in [2.75, 3.05) is 20.2 Å². The van der Waals surface area contributed by atoms with Gasteiger partial charge in [0.2, 0.25) is 5.91 Å². The lowest BCUT2D eigenvalue weighted by molar-refractivity contribution is -0.129. The molecule has 22 heavy (non-hydrogen) atoms. The Morgan fingerprint density at radius 3 is 2.73 bits per heavy atom. The smallest absolute Gasteiger partial charge is 0.267 e. The maximum Gasteiger partial charge on any atom is 0.267 e. The molecule has 1 aromatic heterocycles. The van der Waals surface area contributed by atoms with E-state index in [2.05, 4.69) is 10.3 Å². The lowest BCUT2D eigenvalue weighted by atomic mass is 10.0. The Labute approximate surface area is 132 Å². The Morgan fingerprint density at radius 2 is 2.18 bits per heavy atom. The first-order valence-corrected chi connectivity index (χ1v) is 7.33. The molecule has 0 unspecified atom stereocenters. The summed E-state index contributed by atoms with van der Waals surface area (Å²) in [5.41, 5.74) is 6.28. The zero-order valence-electron chi connectivity index (χ0n) is 13.0. The lowest BCUT2D eigenvalue weighted by Crippen LogP contribution is -2.44. The lowest BCUT2D eigenvalue weighted by Gasteiger charge is -2.31. The number of pyridine rings is 1. The molecule has 1 fully saturated rings. The number of nitrogens with two attached hydrogens (primary N) is 1. The third-order valence-electron chi connectivity index (χ3n) is 3.94. The zero-order chi connectivity index (χ0) is 16.1. The summed E-state index contributed by atoms with van der Waals surface area (Å²) in [5.74, 6) is 0.151. The van der Waals surface area contributed by atoms with Crippen LogP contribution in [0.4, 0.5) is 0 Å². The van der Waals surface area contributed by atoms with Gasteiger partial charge in [-0.2, -0.15) is 0 Å². The van der Waals surface area contributed by atoms with Gasteiger partial charge >= 0.3 is 0 Å². The third-order valence-corrected chi connectivity index (χ3v) is 3.94. The molecule has 0 spiro atoms. The van der Waals surface area contributed by atoms with Gasteiger partial charge < -0.3 is 20.7 Å². The highest BCUT2D eigenvalue weighted by Gasteiger charge is 2.20. The van der Waals surface area contributed by atoms with E-state index < -0.39 is 5.91 Å². The van der Waals surface area contributed by atoms with Crippen LogP contribution in [0.2, 0.25) is 0 Å². The minimum atomic E-state index is -0.575. The predicted octanol–water partition coefficient (Wildman–Crippen LogP) is 0.782. The summed E-state index contributed by atoms with van der Waals surface area (Å²) in [4.78, 5) is 28.3. The Balaban J connectivity index is 0.00000264. The highest BCUT2D eigenvalue weighted by atomic mass is 16.5. The molecule has 0 aromatic carbocycles. The number of nitrogens with zero attached hydrogens (tertiary/aromatic N) is 2. The molecule has 2 rings (SSSR count). The van der Waals surface area contributed by atoms with Crippen molar-refractivity contribution >= 4 is 11.8 Å². The number of rotatable bonds is 5. The molecule has 124 valence electrons. The molecule has 7 nitrogen and oxygen atoms in total. The fourth-order valence-corrected chi connectivity index (χ4v) is 2.58. The molecule has 3 N–H and O–H groups in total. The minimum Gasteiger partial charge on any atom is -0.496 e. The van der Waals surface area contributed by atoms with Crippen molar-refractivity contribution in [2.45, 2.75) is 32.4 Å². The van der Waals surface area contributed by atoms with Crippen LogP contribution in [-0.4, -0.2) is 47.9 Å². The van der Waals surface area contributed by atoms with E-state index in [1.807, 2.05) is 4.90 Å². The average Bonchev–Trinajstić information content (AvgIpc) is 2.52. The summed E-state index contributed by atoms with van der Waals surface area (Å²) in [7, 11) is 1.55. The number of ether oxygens (including phenoxy) is 1. The summed E-state index contributed by atoms with van der Waals surface area (Å²) < 4.78 is 5.28. The van der Waals surface area contributed by atoms with Gasteiger partial charge in [-0.1, -0.05) is 0 Å². The predicted molar refractivity (Wildman–Crippen MR) is 85.7 cm³/mol. The quantitative estimate of drug-likeness (QED) is 0.837. The largest absolute Gasteiger partial charge is 0.496 e. The van der Waals surface area contributed by atoms with Gasteiger partial charge in [0, 0.05) is 53.3 Å². The SMILES string of the molecule is COc1cc(C(N)=O)ncc1CNC1CCN(C(C)=O)CC1.[HH].[HH]. The van der Waals surface area contributed by atoms with E-state index >= 15 is 0 Å². The summed E-state index contributed by atoms with van der Waals surface area (Å²) in [6.45, 7) is 3.76. The van der Waals surface area contributed by atoms with Gasteiger partial charge in [-0.15, -0.1) is 0 Å². The Morgan fingerprint density at radius 1 is 1.50 bits per heavy atom. The van der Waals surface area contributed by atoms with Crippen LogP contribution in [0.15, 0.2) is 12.3 Å². The van der Waals surface area contributed by atoms with Gasteiger partial charge in [-0.3, -0.25) is 14.6 Å². The first-order chi connectivity index (χ1) is 10.5. The summed E-state index contributed by atoms with van der Waals surface area (Å²) in [6, 6.07) is 1.91. The van der Waals surface area contributed by atoms with E-state index in [1.54, 1.807) is 26.3 Å². The van der Waals surface area contributed by atoms with E-state index in [4.69, 9.17) is 10.5 Å². The first kappa shape index (κ1) is 16.2. The van der Waals surface area contributed by atoms with E-state index in [1.165, 1.54) is 0 Å². The molecule has 0 aliphatic carbocycles.